The molecule has 4 unspecified atom stereocenters. The Labute approximate surface area is 330 Å². The van der Waals surface area contributed by atoms with Crippen molar-refractivity contribution in [3.8, 4) is 23.0 Å². The van der Waals surface area contributed by atoms with E-state index in [1.165, 1.54) is 35.1 Å². The van der Waals surface area contributed by atoms with Gasteiger partial charge in [0.05, 0.1) is 14.2 Å². The second-order valence-corrected chi connectivity index (χ2v) is 18.4. The predicted octanol–water partition coefficient (Wildman–Crippen LogP) is 13.1. The minimum absolute atomic E-state index is 0.0996. The van der Waals surface area contributed by atoms with Gasteiger partial charge in [-0.15, -0.1) is 0 Å². The minimum atomic E-state index is -0.619. The van der Waals surface area contributed by atoms with Gasteiger partial charge in [0, 0.05) is 16.4 Å². The van der Waals surface area contributed by atoms with E-state index < -0.39 is 6.29 Å². The average molecular weight is 737 g/mol. The minimum Gasteiger partial charge on any atom is -0.497 e. The summed E-state index contributed by atoms with van der Waals surface area (Å²) in [5.41, 5.74) is 6.53. The molecule has 5 aromatic carbocycles. The third-order valence-corrected chi connectivity index (χ3v) is 12.4. The van der Waals surface area contributed by atoms with Crippen LogP contribution in [0.25, 0.3) is 0 Å². The molecule has 4 atom stereocenters. The summed E-state index contributed by atoms with van der Waals surface area (Å²) in [5, 5.41) is 0. The standard InChI is InChI=1S/C51H60O4/c1-36-30-48(3,4)34-50(32-36,39-14-22-43(52-7)23-15-39)41-18-26-45(27-19-41)54-47(38-12-10-9-11-13-38)55-46-28-20-42(21-29-46)51(33-37(2)31-49(5,6)35-51)40-16-24-44(53-8)25-17-40/h9-29,36-37,47H,30-35H2,1-8H3. The zero-order valence-corrected chi connectivity index (χ0v) is 34.2. The Kier molecular flexibility index (Phi) is 10.8. The Bertz CT molecular complexity index is 1870. The van der Waals surface area contributed by atoms with Crippen LogP contribution in [0, 0.1) is 22.7 Å². The highest BCUT2D eigenvalue weighted by Crippen LogP contribution is 2.55. The Morgan fingerprint density at radius 1 is 0.436 bits per heavy atom. The SMILES string of the molecule is COc1ccc(C2(c3ccc(OC(Oc4ccc(C5(c6ccc(OC)cc6)CC(C)CC(C)(C)C5)cc4)c4ccccc4)cc3)CC(C)CC(C)(C)C2)cc1. The number of methoxy groups -OCH3 is 2. The molecule has 0 N–H and O–H groups in total. The van der Waals surface area contributed by atoms with E-state index in [-0.39, 0.29) is 21.7 Å². The lowest BCUT2D eigenvalue weighted by molar-refractivity contribution is 0.00374. The van der Waals surface area contributed by atoms with Crippen molar-refractivity contribution in [2.45, 2.75) is 97.2 Å². The van der Waals surface area contributed by atoms with Crippen molar-refractivity contribution in [3.05, 3.63) is 155 Å². The van der Waals surface area contributed by atoms with Crippen LogP contribution in [-0.2, 0) is 10.8 Å². The first-order chi connectivity index (χ1) is 26.3. The maximum absolute atomic E-state index is 6.73. The van der Waals surface area contributed by atoms with E-state index in [0.29, 0.717) is 11.8 Å². The quantitative estimate of drug-likeness (QED) is 0.127. The highest BCUT2D eigenvalue weighted by molar-refractivity contribution is 5.46. The molecule has 2 fully saturated rings. The Balaban J connectivity index is 1.17. The van der Waals surface area contributed by atoms with Gasteiger partial charge in [0.25, 0.3) is 6.29 Å². The second kappa shape index (κ2) is 15.4. The molecule has 0 spiro atoms. The fraction of sp³-hybridized carbons (Fsp3) is 0.412. The van der Waals surface area contributed by atoms with Crippen molar-refractivity contribution in [1.82, 2.24) is 0 Å². The first kappa shape index (κ1) is 38.6. The van der Waals surface area contributed by atoms with Crippen LogP contribution in [0.15, 0.2) is 127 Å². The molecule has 0 radical (unpaired) electrons. The van der Waals surface area contributed by atoms with Crippen LogP contribution in [-0.4, -0.2) is 14.2 Å². The van der Waals surface area contributed by atoms with Gasteiger partial charge in [-0.2, -0.15) is 0 Å². The number of rotatable bonds is 11. The monoisotopic (exact) mass is 736 g/mol. The van der Waals surface area contributed by atoms with Crippen molar-refractivity contribution in [1.29, 1.82) is 0 Å². The normalized spacial score (nSPS) is 25.0. The lowest BCUT2D eigenvalue weighted by atomic mass is 9.55. The average Bonchev–Trinajstić information content (AvgIpc) is 3.17. The van der Waals surface area contributed by atoms with Gasteiger partial charge in [0.2, 0.25) is 0 Å². The van der Waals surface area contributed by atoms with Gasteiger partial charge in [-0.3, -0.25) is 0 Å². The highest BCUT2D eigenvalue weighted by Gasteiger charge is 2.46. The molecule has 0 aromatic heterocycles. The molecule has 7 rings (SSSR count). The summed E-state index contributed by atoms with van der Waals surface area (Å²) in [4.78, 5) is 0. The number of ether oxygens (including phenoxy) is 4. The Morgan fingerprint density at radius 3 is 1.07 bits per heavy atom. The molecular weight excluding hydrogens is 677 g/mol. The van der Waals surface area contributed by atoms with Crippen LogP contribution in [0.3, 0.4) is 0 Å². The molecule has 0 aliphatic heterocycles. The fourth-order valence-corrected chi connectivity index (χ4v) is 10.9. The summed E-state index contributed by atoms with van der Waals surface area (Å²) >= 11 is 0. The maximum atomic E-state index is 6.73. The number of hydrogen-bond donors (Lipinski definition) is 0. The molecule has 0 heterocycles. The molecule has 2 saturated carbocycles. The van der Waals surface area contributed by atoms with Crippen molar-refractivity contribution < 1.29 is 18.9 Å². The fourth-order valence-electron chi connectivity index (χ4n) is 10.9. The van der Waals surface area contributed by atoms with Gasteiger partial charge in [-0.05, 0) is 132 Å². The van der Waals surface area contributed by atoms with Crippen LogP contribution < -0.4 is 18.9 Å². The molecule has 2 aliphatic rings. The lowest BCUT2D eigenvalue weighted by Gasteiger charge is -2.48. The van der Waals surface area contributed by atoms with Gasteiger partial charge in [0.15, 0.2) is 0 Å². The van der Waals surface area contributed by atoms with Gasteiger partial charge in [-0.25, -0.2) is 0 Å². The Morgan fingerprint density at radius 2 is 0.764 bits per heavy atom. The predicted molar refractivity (Wildman–Crippen MR) is 224 cm³/mol. The summed E-state index contributed by atoms with van der Waals surface area (Å²) in [6.45, 7) is 14.5. The number of benzene rings is 5. The van der Waals surface area contributed by atoms with Crippen LogP contribution in [0.2, 0.25) is 0 Å². The molecule has 0 saturated heterocycles. The molecular formula is C51H60O4. The first-order valence-electron chi connectivity index (χ1n) is 20.2. The maximum Gasteiger partial charge on any atom is 0.267 e. The van der Waals surface area contributed by atoms with Gasteiger partial charge >= 0.3 is 0 Å². The molecule has 5 aromatic rings. The van der Waals surface area contributed by atoms with Crippen LogP contribution in [0.4, 0.5) is 0 Å². The third kappa shape index (κ3) is 8.30. The van der Waals surface area contributed by atoms with Crippen molar-refractivity contribution in [2.75, 3.05) is 14.2 Å². The van der Waals surface area contributed by atoms with Crippen molar-refractivity contribution in [3.63, 3.8) is 0 Å². The highest BCUT2D eigenvalue weighted by atomic mass is 16.7. The van der Waals surface area contributed by atoms with E-state index in [9.17, 15) is 0 Å². The van der Waals surface area contributed by atoms with Gasteiger partial charge in [0.1, 0.15) is 23.0 Å². The second-order valence-electron chi connectivity index (χ2n) is 18.4. The van der Waals surface area contributed by atoms with Gasteiger partial charge in [-0.1, -0.05) is 120 Å². The summed E-state index contributed by atoms with van der Waals surface area (Å²) in [5.74, 6) is 4.53. The summed E-state index contributed by atoms with van der Waals surface area (Å²) in [7, 11) is 3.46. The lowest BCUT2D eigenvalue weighted by Crippen LogP contribution is -2.41. The van der Waals surface area contributed by atoms with E-state index >= 15 is 0 Å². The van der Waals surface area contributed by atoms with E-state index in [0.717, 1.165) is 54.2 Å². The smallest absolute Gasteiger partial charge is 0.267 e. The summed E-state index contributed by atoms with van der Waals surface area (Å²) in [6, 6.07) is 45.3. The zero-order valence-electron chi connectivity index (χ0n) is 34.2. The molecule has 0 bridgehead atoms. The largest absolute Gasteiger partial charge is 0.497 e. The topological polar surface area (TPSA) is 36.9 Å². The summed E-state index contributed by atoms with van der Waals surface area (Å²) < 4.78 is 24.5. The first-order valence-corrected chi connectivity index (χ1v) is 20.2. The molecule has 288 valence electrons. The van der Waals surface area contributed by atoms with E-state index in [1.54, 1.807) is 14.2 Å². The summed E-state index contributed by atoms with van der Waals surface area (Å²) in [6.07, 6.45) is 6.20. The molecule has 0 amide bonds. The van der Waals surface area contributed by atoms with Crippen molar-refractivity contribution in [2.24, 2.45) is 22.7 Å². The van der Waals surface area contributed by atoms with Crippen molar-refractivity contribution >= 4 is 0 Å². The third-order valence-electron chi connectivity index (χ3n) is 12.4. The molecule has 2 aliphatic carbocycles. The number of hydrogen-bond acceptors (Lipinski definition) is 4. The Hall–Kier alpha value is -4.70. The molecule has 4 nitrogen and oxygen atoms in total. The van der Waals surface area contributed by atoms with Crippen LogP contribution in [0.1, 0.15) is 114 Å². The van der Waals surface area contributed by atoms with E-state index in [4.69, 9.17) is 18.9 Å². The van der Waals surface area contributed by atoms with E-state index in [2.05, 4.69) is 151 Å². The molecule has 55 heavy (non-hydrogen) atoms. The van der Waals surface area contributed by atoms with Gasteiger partial charge < -0.3 is 18.9 Å². The van der Waals surface area contributed by atoms with Crippen LogP contribution in [0.5, 0.6) is 23.0 Å². The van der Waals surface area contributed by atoms with E-state index in [1.807, 2.05) is 18.2 Å². The molecule has 4 heteroatoms. The zero-order chi connectivity index (χ0) is 38.8. The van der Waals surface area contributed by atoms with Crippen LogP contribution >= 0.6 is 0 Å².